The number of nitrogens with one attached hydrogen (secondary N) is 1. The summed E-state index contributed by atoms with van der Waals surface area (Å²) in [6.45, 7) is 4.43. The Balaban J connectivity index is 1.12. The molecule has 0 bridgehead atoms. The van der Waals surface area contributed by atoms with Crippen molar-refractivity contribution in [3.8, 4) is 5.75 Å². The van der Waals surface area contributed by atoms with Crippen LogP contribution in [0.2, 0.25) is 5.02 Å². The normalized spacial score (nSPS) is 13.6. The first-order chi connectivity index (χ1) is 17.5. The smallest absolute Gasteiger partial charge is 0.289 e. The van der Waals surface area contributed by atoms with E-state index in [1.807, 2.05) is 60.4 Å². The van der Waals surface area contributed by atoms with Crippen molar-refractivity contribution in [2.75, 3.05) is 43.0 Å². The summed E-state index contributed by atoms with van der Waals surface area (Å²) in [7, 11) is 0. The Kier molecular flexibility index (Phi) is 6.82. The molecule has 0 unspecified atom stereocenters. The number of benzene rings is 3. The van der Waals surface area contributed by atoms with Crippen LogP contribution in [0.4, 0.5) is 11.4 Å². The van der Waals surface area contributed by atoms with Gasteiger partial charge in [-0.25, -0.2) is 0 Å². The zero-order chi connectivity index (χ0) is 25.1. The van der Waals surface area contributed by atoms with Crippen LogP contribution in [-0.4, -0.2) is 49.5 Å². The third-order valence-corrected chi connectivity index (χ3v) is 6.45. The van der Waals surface area contributed by atoms with Gasteiger partial charge in [-0.2, -0.15) is 0 Å². The molecule has 2 heterocycles. The van der Waals surface area contributed by atoms with Crippen LogP contribution in [0.5, 0.6) is 5.75 Å². The Bertz CT molecular complexity index is 1360. The monoisotopic (exact) mass is 503 g/mol. The van der Waals surface area contributed by atoms with E-state index < -0.39 is 0 Å². The Hall–Kier alpha value is -3.97. The summed E-state index contributed by atoms with van der Waals surface area (Å²) in [5, 5.41) is 4.41. The Morgan fingerprint density at radius 2 is 1.72 bits per heavy atom. The molecule has 0 atom stereocenters. The number of para-hydroxylation sites is 1. The number of ether oxygens (including phenoxy) is 1. The summed E-state index contributed by atoms with van der Waals surface area (Å²) in [4.78, 5) is 29.2. The van der Waals surface area contributed by atoms with Crippen LogP contribution in [0, 0.1) is 6.92 Å². The second kappa shape index (κ2) is 10.3. The molecule has 184 valence electrons. The van der Waals surface area contributed by atoms with Crippen molar-refractivity contribution >= 4 is 45.8 Å². The standard InChI is InChI=1S/C28H26ClN3O4/c1-19-16-21(29)6-11-24(19)35-18-27(33)30-22-7-9-23(10-8-22)31-12-14-32(15-13-31)28(34)26-17-20-4-2-3-5-25(20)36-26/h2-11,16-17H,12-15,18H2,1H3,(H,30,33). The van der Waals surface area contributed by atoms with E-state index >= 15 is 0 Å². The van der Waals surface area contributed by atoms with Gasteiger partial charge in [-0.3, -0.25) is 9.59 Å². The lowest BCUT2D eigenvalue weighted by Gasteiger charge is -2.35. The van der Waals surface area contributed by atoms with E-state index in [1.54, 1.807) is 24.3 Å². The average Bonchev–Trinajstić information content (AvgIpc) is 3.33. The lowest BCUT2D eigenvalue weighted by molar-refractivity contribution is -0.118. The predicted molar refractivity (Wildman–Crippen MR) is 141 cm³/mol. The van der Waals surface area contributed by atoms with Gasteiger partial charge in [-0.1, -0.05) is 29.8 Å². The van der Waals surface area contributed by atoms with E-state index in [2.05, 4.69) is 10.2 Å². The van der Waals surface area contributed by atoms with Crippen LogP contribution >= 0.6 is 11.6 Å². The first-order valence-electron chi connectivity index (χ1n) is 11.8. The molecule has 0 saturated carbocycles. The van der Waals surface area contributed by atoms with Gasteiger partial charge in [0.05, 0.1) is 0 Å². The molecule has 0 radical (unpaired) electrons. The van der Waals surface area contributed by atoms with Gasteiger partial charge >= 0.3 is 0 Å². The molecule has 0 spiro atoms. The SMILES string of the molecule is Cc1cc(Cl)ccc1OCC(=O)Nc1ccc(N2CCN(C(=O)c3cc4ccccc4o3)CC2)cc1. The van der Waals surface area contributed by atoms with Crippen LogP contribution < -0.4 is 15.0 Å². The number of halogens is 1. The number of aryl methyl sites for hydroxylation is 1. The Morgan fingerprint density at radius 3 is 2.44 bits per heavy atom. The number of fused-ring (bicyclic) bond motifs is 1. The number of hydrogen-bond acceptors (Lipinski definition) is 5. The van der Waals surface area contributed by atoms with Crippen molar-refractivity contribution in [3.05, 3.63) is 89.1 Å². The average molecular weight is 504 g/mol. The summed E-state index contributed by atoms with van der Waals surface area (Å²) >= 11 is 5.96. The minimum atomic E-state index is -0.241. The van der Waals surface area contributed by atoms with Gasteiger partial charge in [-0.15, -0.1) is 0 Å². The molecular weight excluding hydrogens is 478 g/mol. The van der Waals surface area contributed by atoms with Crippen molar-refractivity contribution in [2.45, 2.75) is 6.92 Å². The largest absolute Gasteiger partial charge is 0.483 e. The van der Waals surface area contributed by atoms with E-state index in [0.717, 1.165) is 22.2 Å². The molecule has 1 N–H and O–H groups in total. The number of piperazine rings is 1. The van der Waals surface area contributed by atoms with E-state index in [0.29, 0.717) is 48.4 Å². The molecule has 4 aromatic rings. The molecule has 0 aliphatic carbocycles. The summed E-state index contributed by atoms with van der Waals surface area (Å²) in [6.07, 6.45) is 0. The molecule has 1 aliphatic rings. The predicted octanol–water partition coefficient (Wildman–Crippen LogP) is 5.37. The minimum Gasteiger partial charge on any atom is -0.483 e. The van der Waals surface area contributed by atoms with Gasteiger partial charge in [0.25, 0.3) is 11.8 Å². The van der Waals surface area contributed by atoms with Gasteiger partial charge < -0.3 is 24.3 Å². The zero-order valence-corrected chi connectivity index (χ0v) is 20.6. The van der Waals surface area contributed by atoms with E-state index in [-0.39, 0.29) is 18.4 Å². The van der Waals surface area contributed by atoms with Crippen molar-refractivity contribution in [1.82, 2.24) is 4.90 Å². The Morgan fingerprint density at radius 1 is 0.972 bits per heavy atom. The molecule has 5 rings (SSSR count). The highest BCUT2D eigenvalue weighted by Gasteiger charge is 2.24. The number of hydrogen-bond donors (Lipinski definition) is 1. The highest BCUT2D eigenvalue weighted by molar-refractivity contribution is 6.30. The fraction of sp³-hybridized carbons (Fsp3) is 0.214. The number of anilines is 2. The van der Waals surface area contributed by atoms with E-state index in [4.69, 9.17) is 20.8 Å². The molecule has 1 saturated heterocycles. The van der Waals surface area contributed by atoms with Crippen LogP contribution in [0.15, 0.2) is 77.2 Å². The first-order valence-corrected chi connectivity index (χ1v) is 12.2. The van der Waals surface area contributed by atoms with Gasteiger partial charge in [0, 0.05) is 48.0 Å². The number of furan rings is 1. The summed E-state index contributed by atoms with van der Waals surface area (Å²) < 4.78 is 11.3. The second-order valence-corrected chi connectivity index (χ2v) is 9.16. The maximum Gasteiger partial charge on any atom is 0.289 e. The van der Waals surface area contributed by atoms with Crippen LogP contribution in [0.25, 0.3) is 11.0 Å². The van der Waals surface area contributed by atoms with Crippen LogP contribution in [-0.2, 0) is 4.79 Å². The summed E-state index contributed by atoms with van der Waals surface area (Å²) in [6, 6.07) is 22.4. The molecule has 36 heavy (non-hydrogen) atoms. The number of carbonyl (C=O) groups excluding carboxylic acids is 2. The highest BCUT2D eigenvalue weighted by atomic mass is 35.5. The number of amides is 2. The highest BCUT2D eigenvalue weighted by Crippen LogP contribution is 2.24. The maximum absolute atomic E-state index is 12.9. The fourth-order valence-electron chi connectivity index (χ4n) is 4.28. The second-order valence-electron chi connectivity index (χ2n) is 8.72. The first kappa shape index (κ1) is 23.8. The van der Waals surface area contributed by atoms with Crippen molar-refractivity contribution < 1.29 is 18.7 Å². The fourth-order valence-corrected chi connectivity index (χ4v) is 4.51. The molecule has 3 aromatic carbocycles. The van der Waals surface area contributed by atoms with Crippen LogP contribution in [0.3, 0.4) is 0 Å². The Labute approximate surface area is 214 Å². The topological polar surface area (TPSA) is 75.0 Å². The lowest BCUT2D eigenvalue weighted by atomic mass is 10.2. The quantitative estimate of drug-likeness (QED) is 0.382. The van der Waals surface area contributed by atoms with Crippen molar-refractivity contribution in [1.29, 1.82) is 0 Å². The van der Waals surface area contributed by atoms with Crippen molar-refractivity contribution in [3.63, 3.8) is 0 Å². The number of nitrogens with zero attached hydrogens (tertiary/aromatic N) is 2. The minimum absolute atomic E-state index is 0.0834. The van der Waals surface area contributed by atoms with Gasteiger partial charge in [0.1, 0.15) is 11.3 Å². The molecule has 1 aromatic heterocycles. The van der Waals surface area contributed by atoms with E-state index in [9.17, 15) is 9.59 Å². The summed E-state index contributed by atoms with van der Waals surface area (Å²) in [5.74, 6) is 0.678. The maximum atomic E-state index is 12.9. The molecule has 2 amide bonds. The summed E-state index contributed by atoms with van der Waals surface area (Å²) in [5.41, 5.74) is 3.33. The third kappa shape index (κ3) is 5.31. The van der Waals surface area contributed by atoms with Crippen molar-refractivity contribution in [2.24, 2.45) is 0 Å². The molecule has 7 nitrogen and oxygen atoms in total. The number of rotatable bonds is 6. The van der Waals surface area contributed by atoms with Gasteiger partial charge in [-0.05, 0) is 67.1 Å². The molecule has 1 aliphatic heterocycles. The molecule has 1 fully saturated rings. The van der Waals surface area contributed by atoms with Crippen LogP contribution in [0.1, 0.15) is 16.1 Å². The lowest BCUT2D eigenvalue weighted by Crippen LogP contribution is -2.48. The number of carbonyl (C=O) groups is 2. The molecule has 8 heteroatoms. The van der Waals surface area contributed by atoms with Gasteiger partial charge in [0.15, 0.2) is 12.4 Å². The molecular formula is C28H26ClN3O4. The van der Waals surface area contributed by atoms with E-state index in [1.165, 1.54) is 0 Å². The third-order valence-electron chi connectivity index (χ3n) is 6.22. The zero-order valence-electron chi connectivity index (χ0n) is 19.9. The van der Waals surface area contributed by atoms with Gasteiger partial charge in [0.2, 0.25) is 0 Å².